The molecule has 98 valence electrons. The van der Waals surface area contributed by atoms with Crippen molar-refractivity contribution >= 4 is 36.1 Å². The summed E-state index contributed by atoms with van der Waals surface area (Å²) in [6, 6.07) is 1.68. The minimum Gasteiger partial charge on any atom is -0.398 e. The zero-order valence-electron chi connectivity index (χ0n) is 11.2. The maximum Gasteiger partial charge on any atom is 0.514 e. The van der Waals surface area contributed by atoms with Crippen molar-refractivity contribution in [3.63, 3.8) is 0 Å². The highest BCUT2D eigenvalue weighted by Gasteiger charge is 2.52. The van der Waals surface area contributed by atoms with Crippen molar-refractivity contribution in [2.45, 2.75) is 44.1 Å². The van der Waals surface area contributed by atoms with Gasteiger partial charge in [0.1, 0.15) is 5.15 Å². The Morgan fingerprint density at radius 3 is 2.22 bits per heavy atom. The van der Waals surface area contributed by atoms with Crippen LogP contribution in [0.25, 0.3) is 0 Å². The van der Waals surface area contributed by atoms with Gasteiger partial charge in [-0.15, -0.1) is 0 Å². The predicted octanol–water partition coefficient (Wildman–Crippen LogP) is 2.15. The molecule has 0 atom stereocenters. The number of hydrogen-bond donors (Lipinski definition) is 0. The summed E-state index contributed by atoms with van der Waals surface area (Å²) in [7, 11) is -0.499. The van der Waals surface area contributed by atoms with Crippen molar-refractivity contribution in [2.75, 3.05) is 6.26 Å². The van der Waals surface area contributed by atoms with E-state index in [0.717, 1.165) is 0 Å². The molecule has 0 bridgehead atoms. The van der Waals surface area contributed by atoms with Gasteiger partial charge in [-0.1, -0.05) is 23.4 Å². The first-order valence-corrected chi connectivity index (χ1v) is 7.29. The second-order valence-electron chi connectivity index (χ2n) is 5.19. The van der Waals surface area contributed by atoms with Crippen LogP contribution < -0.4 is 5.59 Å². The van der Waals surface area contributed by atoms with Crippen LogP contribution in [0.5, 0.6) is 0 Å². The van der Waals surface area contributed by atoms with Gasteiger partial charge in [0.05, 0.1) is 16.8 Å². The van der Waals surface area contributed by atoms with Crippen molar-refractivity contribution in [3.05, 3.63) is 11.2 Å². The fourth-order valence-electron chi connectivity index (χ4n) is 1.59. The topological polar surface area (TPSA) is 44.2 Å². The van der Waals surface area contributed by atoms with E-state index >= 15 is 0 Å². The van der Waals surface area contributed by atoms with Gasteiger partial charge in [0.25, 0.3) is 0 Å². The van der Waals surface area contributed by atoms with Gasteiger partial charge in [0.2, 0.25) is 0 Å². The third kappa shape index (κ3) is 2.52. The quantitative estimate of drug-likeness (QED) is 0.361. The molecule has 1 aromatic rings. The van der Waals surface area contributed by atoms with E-state index in [2.05, 4.69) is 9.97 Å². The molecule has 1 saturated heterocycles. The van der Waals surface area contributed by atoms with Crippen LogP contribution in [0.3, 0.4) is 0 Å². The lowest BCUT2D eigenvalue weighted by atomic mass is 9.85. The van der Waals surface area contributed by atoms with Gasteiger partial charge in [-0.05, 0) is 40.0 Å². The number of aromatic nitrogens is 2. The average molecular weight is 287 g/mol. The maximum absolute atomic E-state index is 5.97. The minimum atomic E-state index is -0.499. The second-order valence-corrected chi connectivity index (χ2v) is 6.35. The highest BCUT2D eigenvalue weighted by atomic mass is 35.5. The van der Waals surface area contributed by atoms with Gasteiger partial charge in [-0.3, -0.25) is 0 Å². The molecule has 0 radical (unpaired) electrons. The molecule has 4 nitrogen and oxygen atoms in total. The molecule has 2 rings (SSSR count). The third-order valence-corrected chi connectivity index (χ3v) is 4.11. The van der Waals surface area contributed by atoms with Crippen molar-refractivity contribution < 1.29 is 9.31 Å². The molecular weight excluding hydrogens is 270 g/mol. The molecule has 0 aromatic carbocycles. The summed E-state index contributed by atoms with van der Waals surface area (Å²) in [4.78, 5) is 8.49. The van der Waals surface area contributed by atoms with Crippen molar-refractivity contribution in [2.24, 2.45) is 0 Å². The summed E-state index contributed by atoms with van der Waals surface area (Å²) in [5.41, 5.74) is -0.0959. The molecule has 1 aromatic heterocycles. The van der Waals surface area contributed by atoms with E-state index in [-0.39, 0.29) is 11.2 Å². The maximum atomic E-state index is 5.97. The van der Waals surface area contributed by atoms with Crippen LogP contribution in [0.2, 0.25) is 5.15 Å². The van der Waals surface area contributed by atoms with E-state index in [1.807, 2.05) is 34.0 Å². The van der Waals surface area contributed by atoms with E-state index in [4.69, 9.17) is 20.9 Å². The smallest absolute Gasteiger partial charge is 0.398 e. The average Bonchev–Trinajstić information content (AvgIpc) is 2.47. The highest BCUT2D eigenvalue weighted by molar-refractivity contribution is 7.98. The molecule has 0 N–H and O–H groups in total. The Hall–Kier alpha value is -0.295. The number of halogens is 1. The molecule has 0 amide bonds. The van der Waals surface area contributed by atoms with Crippen LogP contribution in [0, 0.1) is 0 Å². The Balaban J connectivity index is 2.32. The molecule has 1 aliphatic rings. The molecule has 18 heavy (non-hydrogen) atoms. The fraction of sp³-hybridized carbons (Fsp3) is 0.636. The minimum absolute atomic E-state index is 0.380. The predicted molar refractivity (Wildman–Crippen MR) is 74.5 cm³/mol. The van der Waals surface area contributed by atoms with Crippen LogP contribution >= 0.6 is 23.4 Å². The summed E-state index contributed by atoms with van der Waals surface area (Å²) < 4.78 is 11.8. The lowest BCUT2D eigenvalue weighted by molar-refractivity contribution is 0.00578. The molecule has 0 saturated carbocycles. The number of hydrogen-bond acceptors (Lipinski definition) is 5. The zero-order chi connectivity index (χ0) is 13.6. The monoisotopic (exact) mass is 286 g/mol. The van der Waals surface area contributed by atoms with Crippen LogP contribution in [0.1, 0.15) is 27.7 Å². The van der Waals surface area contributed by atoms with Crippen molar-refractivity contribution in [1.82, 2.24) is 9.97 Å². The Morgan fingerprint density at radius 1 is 1.17 bits per heavy atom. The van der Waals surface area contributed by atoms with Gasteiger partial charge in [-0.2, -0.15) is 0 Å². The first kappa shape index (κ1) is 14.1. The van der Waals surface area contributed by atoms with Crippen LogP contribution in [-0.4, -0.2) is 34.5 Å². The molecule has 2 heterocycles. The molecule has 1 aliphatic heterocycles. The Morgan fingerprint density at radius 2 is 1.72 bits per heavy atom. The van der Waals surface area contributed by atoms with Crippen LogP contribution in [0.4, 0.5) is 0 Å². The SMILES string of the molecule is CSc1nc(Cl)cc(B2OC(C)(C)C(C)(C)O2)n1. The van der Waals surface area contributed by atoms with Crippen molar-refractivity contribution in [3.8, 4) is 0 Å². The standard InChI is InChI=1S/C11H16BClN2O2S/c1-10(2)11(3,4)17-12(16-10)7-6-8(13)15-9(14-7)18-5/h6H,1-5H3. The summed E-state index contributed by atoms with van der Waals surface area (Å²) >= 11 is 7.41. The molecule has 0 unspecified atom stereocenters. The van der Waals surface area contributed by atoms with E-state index < -0.39 is 7.12 Å². The molecule has 0 spiro atoms. The van der Waals surface area contributed by atoms with Gasteiger partial charge in [-0.25, -0.2) is 9.97 Å². The molecule has 1 fully saturated rings. The number of thioether (sulfide) groups is 1. The lowest BCUT2D eigenvalue weighted by Crippen LogP contribution is -2.41. The summed E-state index contributed by atoms with van der Waals surface area (Å²) in [6.07, 6.45) is 1.90. The first-order chi connectivity index (χ1) is 8.25. The Bertz CT molecular complexity index is 454. The van der Waals surface area contributed by atoms with Gasteiger partial charge < -0.3 is 9.31 Å². The molecule has 7 heteroatoms. The molecular formula is C11H16BClN2O2S. The Kier molecular flexibility index (Phi) is 3.66. The van der Waals surface area contributed by atoms with Gasteiger partial charge in [0.15, 0.2) is 5.16 Å². The zero-order valence-corrected chi connectivity index (χ0v) is 12.7. The number of rotatable bonds is 2. The van der Waals surface area contributed by atoms with Gasteiger partial charge in [0, 0.05) is 0 Å². The lowest BCUT2D eigenvalue weighted by Gasteiger charge is -2.32. The third-order valence-electron chi connectivity index (χ3n) is 3.37. The highest BCUT2D eigenvalue weighted by Crippen LogP contribution is 2.36. The number of nitrogens with zero attached hydrogens (tertiary/aromatic N) is 2. The summed E-state index contributed by atoms with van der Waals surface area (Å²) in [5, 5.41) is 1.02. The van der Waals surface area contributed by atoms with Crippen LogP contribution in [0.15, 0.2) is 11.2 Å². The van der Waals surface area contributed by atoms with Crippen molar-refractivity contribution in [1.29, 1.82) is 0 Å². The van der Waals surface area contributed by atoms with E-state index in [9.17, 15) is 0 Å². The summed E-state index contributed by atoms with van der Waals surface area (Å²) in [5.74, 6) is 0. The van der Waals surface area contributed by atoms with Gasteiger partial charge >= 0.3 is 7.12 Å². The fourth-order valence-corrected chi connectivity index (χ4v) is 2.22. The Labute approximate surface area is 117 Å². The normalized spacial score (nSPS) is 21.3. The van der Waals surface area contributed by atoms with Crippen LogP contribution in [-0.2, 0) is 9.31 Å². The first-order valence-electron chi connectivity index (χ1n) is 5.69. The second kappa shape index (κ2) is 4.67. The van der Waals surface area contributed by atoms with E-state index in [0.29, 0.717) is 15.9 Å². The summed E-state index contributed by atoms with van der Waals surface area (Å²) in [6.45, 7) is 8.02. The largest absolute Gasteiger partial charge is 0.514 e. The van der Waals surface area contributed by atoms with E-state index in [1.165, 1.54) is 11.8 Å². The molecule has 0 aliphatic carbocycles. The van der Waals surface area contributed by atoms with E-state index in [1.54, 1.807) is 6.07 Å².